The van der Waals surface area contributed by atoms with Crippen LogP contribution >= 0.6 is 15.9 Å². The molecule has 1 aliphatic rings. The smallest absolute Gasteiger partial charge is 0.422 e. The summed E-state index contributed by atoms with van der Waals surface area (Å²) in [7, 11) is 0. The van der Waals surface area contributed by atoms with Crippen molar-refractivity contribution in [2.75, 3.05) is 11.5 Å². The van der Waals surface area contributed by atoms with Crippen molar-refractivity contribution in [2.24, 2.45) is 0 Å². The van der Waals surface area contributed by atoms with Crippen LogP contribution in [-0.4, -0.2) is 30.2 Å². The van der Waals surface area contributed by atoms with E-state index in [0.717, 1.165) is 15.4 Å². The van der Waals surface area contributed by atoms with Crippen molar-refractivity contribution < 1.29 is 23.9 Å². The zero-order chi connectivity index (χ0) is 18.1. The van der Waals surface area contributed by atoms with Gasteiger partial charge in [-0.3, -0.25) is 4.79 Å². The van der Waals surface area contributed by atoms with Gasteiger partial charge >= 0.3 is 12.1 Å². The first-order chi connectivity index (χ1) is 11.1. The monoisotopic (exact) mass is 395 g/mol. The van der Waals surface area contributed by atoms with Gasteiger partial charge < -0.3 is 9.47 Å². The Labute approximate surface area is 148 Å². The van der Waals surface area contributed by atoms with Gasteiger partial charge in [0.2, 0.25) is 0 Å². The van der Waals surface area contributed by atoms with Gasteiger partial charge in [0.25, 0.3) is 5.91 Å². The van der Waals surface area contributed by atoms with Crippen LogP contribution in [-0.2, 0) is 19.1 Å². The Morgan fingerprint density at radius 2 is 1.96 bits per heavy atom. The summed E-state index contributed by atoms with van der Waals surface area (Å²) in [6.07, 6.45) is 0.310. The number of nitrogens with zero attached hydrogens (tertiary/aromatic N) is 1. The fraction of sp³-hybridized carbons (Fsp3) is 0.353. The molecule has 0 aliphatic carbocycles. The molecule has 0 radical (unpaired) electrons. The largest absolute Gasteiger partial charge is 0.463 e. The number of ether oxygens (including phenoxy) is 2. The van der Waals surface area contributed by atoms with E-state index in [1.807, 2.05) is 0 Å². The molecule has 0 fully saturated rings. The van der Waals surface area contributed by atoms with Crippen LogP contribution in [0.5, 0.6) is 0 Å². The highest BCUT2D eigenvalue weighted by Crippen LogP contribution is 2.39. The summed E-state index contributed by atoms with van der Waals surface area (Å²) in [6.45, 7) is 7.00. The summed E-state index contributed by atoms with van der Waals surface area (Å²) in [5, 5.41) is 0. The van der Waals surface area contributed by atoms with Crippen LogP contribution in [0.3, 0.4) is 0 Å². The van der Waals surface area contributed by atoms with Crippen LogP contribution in [0, 0.1) is 0 Å². The number of esters is 1. The third-order valence-corrected chi connectivity index (χ3v) is 3.54. The maximum absolute atomic E-state index is 12.7. The lowest BCUT2D eigenvalue weighted by Crippen LogP contribution is -2.38. The van der Waals surface area contributed by atoms with Gasteiger partial charge in [-0.15, -0.1) is 0 Å². The lowest BCUT2D eigenvalue weighted by atomic mass is 10.1. The van der Waals surface area contributed by atoms with Gasteiger partial charge in [0.15, 0.2) is 0 Å². The minimum absolute atomic E-state index is 0.0932. The number of rotatable bonds is 2. The van der Waals surface area contributed by atoms with Crippen molar-refractivity contribution >= 4 is 45.2 Å². The molecule has 0 atom stereocenters. The third-order valence-electron chi connectivity index (χ3n) is 3.05. The number of carbonyl (C=O) groups excluding carboxylic acids is 3. The van der Waals surface area contributed by atoms with E-state index in [2.05, 4.69) is 15.9 Å². The molecule has 2 amide bonds. The average Bonchev–Trinajstić information content (AvgIpc) is 2.70. The first-order valence-corrected chi connectivity index (χ1v) is 8.19. The van der Waals surface area contributed by atoms with Crippen molar-refractivity contribution in [1.82, 2.24) is 0 Å². The fourth-order valence-electron chi connectivity index (χ4n) is 2.19. The Morgan fingerprint density at radius 1 is 1.29 bits per heavy atom. The summed E-state index contributed by atoms with van der Waals surface area (Å²) in [5.41, 5.74) is 0.178. The topological polar surface area (TPSA) is 72.9 Å². The van der Waals surface area contributed by atoms with Crippen molar-refractivity contribution in [3.63, 3.8) is 0 Å². The summed E-state index contributed by atoms with van der Waals surface area (Å²) < 4.78 is 10.9. The molecule has 0 bridgehead atoms. The van der Waals surface area contributed by atoms with Gasteiger partial charge in [-0.2, -0.15) is 0 Å². The normalized spacial score (nSPS) is 15.5. The van der Waals surface area contributed by atoms with Crippen LogP contribution in [0.1, 0.15) is 33.3 Å². The molecule has 0 N–H and O–H groups in total. The Balaban J connectivity index is 2.48. The predicted octanol–water partition coefficient (Wildman–Crippen LogP) is 3.68. The Bertz CT molecular complexity index is 733. The minimum atomic E-state index is -0.789. The molecule has 7 heteroatoms. The molecule has 128 valence electrons. The molecule has 0 unspecified atom stereocenters. The SMILES string of the molecule is CCOC(=O)/C=C1/C(=O)N(C(=O)OC(C)(C)C)c2ccc(Br)cc21. The maximum atomic E-state index is 12.7. The molecule has 2 rings (SSSR count). The van der Waals surface area contributed by atoms with Crippen LogP contribution in [0.2, 0.25) is 0 Å². The Morgan fingerprint density at radius 3 is 2.54 bits per heavy atom. The zero-order valence-corrected chi connectivity index (χ0v) is 15.5. The lowest BCUT2D eigenvalue weighted by Gasteiger charge is -2.23. The standard InChI is InChI=1S/C17H18BrNO5/c1-5-23-14(20)9-12-11-8-10(18)6-7-13(11)19(15(12)21)16(22)24-17(2,3)4/h6-9H,5H2,1-4H3/b12-9+. The van der Waals surface area contributed by atoms with E-state index in [4.69, 9.17) is 9.47 Å². The van der Waals surface area contributed by atoms with E-state index in [1.165, 1.54) is 0 Å². The molecule has 1 aromatic rings. The van der Waals surface area contributed by atoms with Gasteiger partial charge in [-0.1, -0.05) is 15.9 Å². The van der Waals surface area contributed by atoms with Crippen molar-refractivity contribution in [1.29, 1.82) is 0 Å². The van der Waals surface area contributed by atoms with E-state index in [-0.39, 0.29) is 12.2 Å². The summed E-state index contributed by atoms with van der Waals surface area (Å²) in [5.74, 6) is -1.26. The first kappa shape index (κ1) is 18.2. The molecule has 1 aromatic carbocycles. The van der Waals surface area contributed by atoms with Crippen LogP contribution < -0.4 is 4.90 Å². The van der Waals surface area contributed by atoms with Crippen molar-refractivity contribution in [2.45, 2.75) is 33.3 Å². The van der Waals surface area contributed by atoms with Gasteiger partial charge in [0.1, 0.15) is 5.60 Å². The highest BCUT2D eigenvalue weighted by molar-refractivity contribution is 9.10. The quantitative estimate of drug-likeness (QED) is 0.563. The van der Waals surface area contributed by atoms with Gasteiger partial charge in [-0.05, 0) is 45.9 Å². The number of halogens is 1. The van der Waals surface area contributed by atoms with Crippen LogP contribution in [0.25, 0.3) is 5.57 Å². The molecule has 1 aliphatic heterocycles. The third kappa shape index (κ3) is 3.84. The number of benzene rings is 1. The fourth-order valence-corrected chi connectivity index (χ4v) is 2.56. The summed E-state index contributed by atoms with van der Waals surface area (Å²) >= 11 is 3.33. The molecule has 6 nitrogen and oxygen atoms in total. The minimum Gasteiger partial charge on any atom is -0.463 e. The molecule has 1 heterocycles. The first-order valence-electron chi connectivity index (χ1n) is 7.40. The van der Waals surface area contributed by atoms with Crippen molar-refractivity contribution in [3.8, 4) is 0 Å². The lowest BCUT2D eigenvalue weighted by molar-refractivity contribution is -0.137. The Kier molecular flexibility index (Phi) is 5.13. The molecule has 0 spiro atoms. The molecular formula is C17H18BrNO5. The average molecular weight is 396 g/mol. The van der Waals surface area contributed by atoms with Crippen LogP contribution in [0.15, 0.2) is 28.7 Å². The highest BCUT2D eigenvalue weighted by atomic mass is 79.9. The molecular weight excluding hydrogens is 378 g/mol. The van der Waals surface area contributed by atoms with E-state index in [9.17, 15) is 14.4 Å². The summed E-state index contributed by atoms with van der Waals surface area (Å²) in [6, 6.07) is 4.99. The van der Waals surface area contributed by atoms with Crippen molar-refractivity contribution in [3.05, 3.63) is 34.3 Å². The number of hydrogen-bond donors (Lipinski definition) is 0. The number of imide groups is 1. The number of hydrogen-bond acceptors (Lipinski definition) is 5. The van der Waals surface area contributed by atoms with Gasteiger partial charge in [0, 0.05) is 16.1 Å². The molecule has 0 saturated heterocycles. The maximum Gasteiger partial charge on any atom is 0.422 e. The van der Waals surface area contributed by atoms with E-state index in [1.54, 1.807) is 45.9 Å². The number of anilines is 1. The van der Waals surface area contributed by atoms with E-state index < -0.39 is 23.6 Å². The second kappa shape index (κ2) is 6.76. The predicted molar refractivity (Wildman–Crippen MR) is 92.5 cm³/mol. The number of amides is 2. The highest BCUT2D eigenvalue weighted by Gasteiger charge is 2.39. The molecule has 0 aromatic heterocycles. The van der Waals surface area contributed by atoms with E-state index >= 15 is 0 Å². The Hall–Kier alpha value is -2.15. The number of fused-ring (bicyclic) bond motifs is 1. The summed E-state index contributed by atoms with van der Waals surface area (Å²) in [4.78, 5) is 37.8. The van der Waals surface area contributed by atoms with E-state index in [0.29, 0.717) is 11.3 Å². The zero-order valence-electron chi connectivity index (χ0n) is 13.9. The number of carbonyl (C=O) groups is 3. The van der Waals surface area contributed by atoms with Crippen LogP contribution in [0.4, 0.5) is 10.5 Å². The molecule has 0 saturated carbocycles. The second-order valence-corrected chi connectivity index (χ2v) is 7.01. The second-order valence-electron chi connectivity index (χ2n) is 6.09. The van der Waals surface area contributed by atoms with Gasteiger partial charge in [0.05, 0.1) is 17.9 Å². The van der Waals surface area contributed by atoms with Gasteiger partial charge in [-0.25, -0.2) is 14.5 Å². The molecule has 24 heavy (non-hydrogen) atoms.